The highest BCUT2D eigenvalue weighted by atomic mass is 35.5. The highest BCUT2D eigenvalue weighted by molar-refractivity contribution is 5.86. The molecule has 1 aromatic carbocycles. The second-order valence-corrected chi connectivity index (χ2v) is 5.16. The molecule has 0 bridgehead atoms. The lowest BCUT2D eigenvalue weighted by Crippen LogP contribution is -2.49. The number of halogens is 1. The molecule has 0 saturated heterocycles. The minimum atomic E-state index is -1.06. The molecule has 21 heavy (non-hydrogen) atoms. The van der Waals surface area contributed by atoms with Crippen molar-refractivity contribution >= 4 is 18.3 Å². The van der Waals surface area contributed by atoms with Crippen molar-refractivity contribution in [3.63, 3.8) is 0 Å². The monoisotopic (exact) mass is 309 g/mol. The number of aryl methyl sites for hydroxylation is 1. The van der Waals surface area contributed by atoms with Crippen LogP contribution in [0.5, 0.6) is 0 Å². The standard InChI is InChI=1S/C15H19N3O2.ClH/c1-11-9-13(17-20-11)10-18(3)14(19)15(2,16)12-7-5-4-6-8-12;/h4-9H,10,16H2,1-3H3;1H. The molecule has 0 fully saturated rings. The summed E-state index contributed by atoms with van der Waals surface area (Å²) in [6.45, 7) is 3.90. The molecule has 0 saturated carbocycles. The fraction of sp³-hybridized carbons (Fsp3) is 0.333. The number of hydrogen-bond acceptors (Lipinski definition) is 4. The molecule has 1 aromatic heterocycles. The lowest BCUT2D eigenvalue weighted by molar-refractivity contribution is -0.136. The van der Waals surface area contributed by atoms with Crippen LogP contribution in [0.15, 0.2) is 40.9 Å². The van der Waals surface area contributed by atoms with E-state index >= 15 is 0 Å². The van der Waals surface area contributed by atoms with Crippen molar-refractivity contribution in [2.75, 3.05) is 7.05 Å². The summed E-state index contributed by atoms with van der Waals surface area (Å²) in [6, 6.07) is 11.1. The first-order valence-corrected chi connectivity index (χ1v) is 6.43. The molecule has 0 spiro atoms. The molecule has 2 aromatic rings. The van der Waals surface area contributed by atoms with E-state index in [4.69, 9.17) is 10.3 Å². The van der Waals surface area contributed by atoms with E-state index in [1.165, 1.54) is 0 Å². The quantitative estimate of drug-likeness (QED) is 0.940. The third-order valence-corrected chi connectivity index (χ3v) is 3.24. The Morgan fingerprint density at radius 3 is 2.52 bits per heavy atom. The molecule has 2 rings (SSSR count). The summed E-state index contributed by atoms with van der Waals surface area (Å²) in [4.78, 5) is 14.1. The van der Waals surface area contributed by atoms with Crippen LogP contribution in [0.1, 0.15) is 23.9 Å². The summed E-state index contributed by atoms with van der Waals surface area (Å²) in [5, 5.41) is 3.88. The van der Waals surface area contributed by atoms with Crippen LogP contribution >= 0.6 is 12.4 Å². The summed E-state index contributed by atoms with van der Waals surface area (Å²) in [5.74, 6) is 0.559. The second-order valence-electron chi connectivity index (χ2n) is 5.16. The van der Waals surface area contributed by atoms with Gasteiger partial charge in [0, 0.05) is 13.1 Å². The van der Waals surface area contributed by atoms with E-state index in [1.807, 2.05) is 37.3 Å². The number of carbonyl (C=O) groups is 1. The first-order valence-electron chi connectivity index (χ1n) is 6.43. The molecule has 0 radical (unpaired) electrons. The van der Waals surface area contributed by atoms with Gasteiger partial charge in [-0.15, -0.1) is 12.4 Å². The van der Waals surface area contributed by atoms with Crippen LogP contribution in [-0.2, 0) is 16.9 Å². The summed E-state index contributed by atoms with van der Waals surface area (Å²) in [7, 11) is 1.71. The Hall–Kier alpha value is -1.85. The SMILES string of the molecule is Cc1cc(CN(C)C(=O)C(C)(N)c2ccccc2)no1.Cl. The second kappa shape index (κ2) is 6.74. The van der Waals surface area contributed by atoms with Gasteiger partial charge in [-0.25, -0.2) is 0 Å². The molecule has 1 amide bonds. The van der Waals surface area contributed by atoms with E-state index in [1.54, 1.807) is 24.9 Å². The van der Waals surface area contributed by atoms with Crippen LogP contribution < -0.4 is 5.73 Å². The number of rotatable bonds is 4. The molecule has 114 valence electrons. The fourth-order valence-electron chi connectivity index (χ4n) is 2.11. The maximum atomic E-state index is 12.5. The topological polar surface area (TPSA) is 72.4 Å². The van der Waals surface area contributed by atoms with Gasteiger partial charge >= 0.3 is 0 Å². The van der Waals surface area contributed by atoms with Crippen molar-refractivity contribution < 1.29 is 9.32 Å². The van der Waals surface area contributed by atoms with Crippen LogP contribution in [0.2, 0.25) is 0 Å². The first-order chi connectivity index (χ1) is 9.41. The Morgan fingerprint density at radius 1 is 1.38 bits per heavy atom. The first kappa shape index (κ1) is 17.2. The van der Waals surface area contributed by atoms with E-state index < -0.39 is 5.54 Å². The number of benzene rings is 1. The zero-order chi connectivity index (χ0) is 14.8. The number of likely N-dealkylation sites (N-methyl/N-ethyl adjacent to an activating group) is 1. The van der Waals surface area contributed by atoms with Crippen LogP contribution in [0.3, 0.4) is 0 Å². The third-order valence-electron chi connectivity index (χ3n) is 3.24. The average molecular weight is 310 g/mol. The Bertz CT molecular complexity index is 596. The van der Waals surface area contributed by atoms with E-state index in [0.29, 0.717) is 12.2 Å². The fourth-order valence-corrected chi connectivity index (χ4v) is 2.11. The molecule has 0 aliphatic carbocycles. The van der Waals surface area contributed by atoms with Crippen molar-refractivity contribution in [2.45, 2.75) is 25.9 Å². The van der Waals surface area contributed by atoms with Gasteiger partial charge in [0.1, 0.15) is 17.0 Å². The maximum Gasteiger partial charge on any atom is 0.247 e. The predicted molar refractivity (Wildman–Crippen MR) is 82.9 cm³/mol. The van der Waals surface area contributed by atoms with E-state index in [-0.39, 0.29) is 18.3 Å². The molecule has 1 unspecified atom stereocenters. The normalized spacial score (nSPS) is 13.1. The van der Waals surface area contributed by atoms with Gasteiger partial charge in [-0.05, 0) is 19.4 Å². The number of nitrogens with zero attached hydrogens (tertiary/aromatic N) is 2. The molecule has 6 heteroatoms. The molecular weight excluding hydrogens is 290 g/mol. The smallest absolute Gasteiger partial charge is 0.247 e. The van der Waals surface area contributed by atoms with Crippen LogP contribution in [0, 0.1) is 6.92 Å². The van der Waals surface area contributed by atoms with Gasteiger partial charge in [-0.1, -0.05) is 35.5 Å². The van der Waals surface area contributed by atoms with E-state index in [2.05, 4.69) is 5.16 Å². The zero-order valence-electron chi connectivity index (χ0n) is 12.4. The van der Waals surface area contributed by atoms with Crippen LogP contribution in [0.4, 0.5) is 0 Å². The predicted octanol–water partition coefficient (Wildman–Crippen LogP) is 2.24. The lowest BCUT2D eigenvalue weighted by atomic mass is 9.92. The van der Waals surface area contributed by atoms with Gasteiger partial charge in [-0.3, -0.25) is 4.79 Å². The van der Waals surface area contributed by atoms with Crippen molar-refractivity contribution in [1.82, 2.24) is 10.1 Å². The van der Waals surface area contributed by atoms with Crippen molar-refractivity contribution in [2.24, 2.45) is 5.73 Å². The van der Waals surface area contributed by atoms with Gasteiger partial charge in [0.25, 0.3) is 0 Å². The van der Waals surface area contributed by atoms with Crippen molar-refractivity contribution in [1.29, 1.82) is 0 Å². The van der Waals surface area contributed by atoms with Crippen LogP contribution in [-0.4, -0.2) is 23.0 Å². The minimum absolute atomic E-state index is 0. The summed E-state index contributed by atoms with van der Waals surface area (Å²) < 4.78 is 5.00. The van der Waals surface area contributed by atoms with Crippen LogP contribution in [0.25, 0.3) is 0 Å². The van der Waals surface area contributed by atoms with Gasteiger partial charge in [0.2, 0.25) is 5.91 Å². The summed E-state index contributed by atoms with van der Waals surface area (Å²) in [5.41, 5.74) is 6.64. The number of aromatic nitrogens is 1. The van der Waals surface area contributed by atoms with Gasteiger partial charge < -0.3 is 15.2 Å². The molecule has 1 atom stereocenters. The molecule has 0 aliphatic rings. The molecule has 2 N–H and O–H groups in total. The highest BCUT2D eigenvalue weighted by Crippen LogP contribution is 2.20. The Labute approximate surface area is 130 Å². The van der Waals surface area contributed by atoms with Gasteiger partial charge in [0.05, 0.1) is 6.54 Å². The molecule has 1 heterocycles. The molecular formula is C15H20ClN3O2. The van der Waals surface area contributed by atoms with E-state index in [0.717, 1.165) is 11.3 Å². The minimum Gasteiger partial charge on any atom is -0.361 e. The Balaban J connectivity index is 0.00000220. The number of nitrogens with two attached hydrogens (primary N) is 1. The zero-order valence-corrected chi connectivity index (χ0v) is 13.2. The van der Waals surface area contributed by atoms with Gasteiger partial charge in [-0.2, -0.15) is 0 Å². The highest BCUT2D eigenvalue weighted by Gasteiger charge is 2.33. The molecule has 0 aliphatic heterocycles. The van der Waals surface area contributed by atoms with E-state index in [9.17, 15) is 4.79 Å². The number of carbonyl (C=O) groups excluding carboxylic acids is 1. The number of amides is 1. The lowest BCUT2D eigenvalue weighted by Gasteiger charge is -2.29. The average Bonchev–Trinajstić information content (AvgIpc) is 2.84. The summed E-state index contributed by atoms with van der Waals surface area (Å²) >= 11 is 0. The third kappa shape index (κ3) is 3.83. The Kier molecular flexibility index (Phi) is 5.52. The summed E-state index contributed by atoms with van der Waals surface area (Å²) in [6.07, 6.45) is 0. The maximum absolute atomic E-state index is 12.5. The largest absolute Gasteiger partial charge is 0.361 e. The molecule has 5 nitrogen and oxygen atoms in total. The number of hydrogen-bond donors (Lipinski definition) is 1. The van der Waals surface area contributed by atoms with Gasteiger partial charge in [0.15, 0.2) is 0 Å². The van der Waals surface area contributed by atoms with Crippen molar-refractivity contribution in [3.05, 3.63) is 53.4 Å². The Morgan fingerprint density at radius 2 is 2.00 bits per heavy atom. The van der Waals surface area contributed by atoms with Crippen molar-refractivity contribution in [3.8, 4) is 0 Å².